The van der Waals surface area contributed by atoms with E-state index < -0.39 is 0 Å². The summed E-state index contributed by atoms with van der Waals surface area (Å²) in [7, 11) is 0. The van der Waals surface area contributed by atoms with Crippen LogP contribution in [0.3, 0.4) is 0 Å². The molecular weight excluding hydrogens is 480 g/mol. The molecule has 0 aliphatic heterocycles. The van der Waals surface area contributed by atoms with Gasteiger partial charge in [0.15, 0.2) is 0 Å². The van der Waals surface area contributed by atoms with Crippen LogP contribution in [-0.4, -0.2) is 0 Å². The molecule has 194 valence electrons. The van der Waals surface area contributed by atoms with E-state index in [0.717, 1.165) is 0 Å². The van der Waals surface area contributed by atoms with Crippen molar-refractivity contribution in [2.75, 3.05) is 0 Å². The topological polar surface area (TPSA) is 0 Å². The Morgan fingerprint density at radius 1 is 0.275 bits per heavy atom. The maximum absolute atomic E-state index is 2.35. The van der Waals surface area contributed by atoms with Gasteiger partial charge in [0.05, 0.1) is 0 Å². The van der Waals surface area contributed by atoms with E-state index in [-0.39, 0.29) is 5.41 Å². The van der Waals surface area contributed by atoms with E-state index in [4.69, 9.17) is 0 Å². The lowest BCUT2D eigenvalue weighted by Gasteiger charge is -2.34. The minimum atomic E-state index is -0.140. The summed E-state index contributed by atoms with van der Waals surface area (Å²) in [4.78, 5) is 0. The largest absolute Gasteiger partial charge is 0.0622 e. The van der Waals surface area contributed by atoms with Crippen LogP contribution in [0.5, 0.6) is 0 Å². The van der Waals surface area contributed by atoms with Gasteiger partial charge in [-0.15, -0.1) is 0 Å². The molecule has 6 aromatic carbocycles. The van der Waals surface area contributed by atoms with Gasteiger partial charge in [0, 0.05) is 0 Å². The Kier molecular flexibility index (Phi) is 6.93. The molecule has 0 fully saturated rings. The molecule has 0 heteroatoms. The van der Waals surface area contributed by atoms with E-state index in [9.17, 15) is 0 Å². The maximum Gasteiger partial charge on any atom is -0.00141 e. The van der Waals surface area contributed by atoms with Crippen LogP contribution in [-0.2, 0) is 5.41 Å². The zero-order valence-corrected chi connectivity index (χ0v) is 23.4. The molecular formula is C40H34. The quantitative estimate of drug-likeness (QED) is 0.215. The minimum absolute atomic E-state index is 0.140. The Morgan fingerprint density at radius 3 is 0.700 bits per heavy atom. The SMILES string of the molecule is CC(C)(C)c1c(-c2ccccc2)c(-c2ccccc2)c(-c2ccccc2)c(-c2ccccc2)c1-c1ccccc1. The summed E-state index contributed by atoms with van der Waals surface area (Å²) in [5, 5.41) is 0. The predicted molar refractivity (Wildman–Crippen MR) is 172 cm³/mol. The van der Waals surface area contributed by atoms with Gasteiger partial charge >= 0.3 is 0 Å². The van der Waals surface area contributed by atoms with Crippen LogP contribution in [0.2, 0.25) is 0 Å². The summed E-state index contributed by atoms with van der Waals surface area (Å²) in [6, 6.07) is 54.7. The van der Waals surface area contributed by atoms with Gasteiger partial charge < -0.3 is 0 Å². The third kappa shape index (κ3) is 4.78. The average Bonchev–Trinajstić information content (AvgIpc) is 3.01. The lowest BCUT2D eigenvalue weighted by atomic mass is 9.69. The van der Waals surface area contributed by atoms with Crippen LogP contribution >= 0.6 is 0 Å². The second-order valence-electron chi connectivity index (χ2n) is 11.3. The fourth-order valence-electron chi connectivity index (χ4n) is 5.97. The van der Waals surface area contributed by atoms with Gasteiger partial charge in [-0.3, -0.25) is 0 Å². The molecule has 0 heterocycles. The third-order valence-electron chi connectivity index (χ3n) is 7.56. The van der Waals surface area contributed by atoms with Crippen LogP contribution in [0.1, 0.15) is 26.3 Å². The first-order valence-electron chi connectivity index (χ1n) is 14.1. The molecule has 0 spiro atoms. The number of hydrogen-bond acceptors (Lipinski definition) is 0. The van der Waals surface area contributed by atoms with E-state index in [1.54, 1.807) is 0 Å². The van der Waals surface area contributed by atoms with Crippen molar-refractivity contribution in [1.82, 2.24) is 0 Å². The minimum Gasteiger partial charge on any atom is -0.0622 e. The first-order chi connectivity index (χ1) is 19.5. The zero-order valence-electron chi connectivity index (χ0n) is 23.4. The van der Waals surface area contributed by atoms with Crippen molar-refractivity contribution in [1.29, 1.82) is 0 Å². The van der Waals surface area contributed by atoms with Crippen molar-refractivity contribution in [3.05, 3.63) is 157 Å². The van der Waals surface area contributed by atoms with Gasteiger partial charge in [-0.1, -0.05) is 172 Å². The molecule has 6 aromatic rings. The molecule has 0 bridgehead atoms. The fraction of sp³-hybridized carbons (Fsp3) is 0.100. The van der Waals surface area contributed by atoms with Crippen LogP contribution in [0.4, 0.5) is 0 Å². The Bertz CT molecular complexity index is 1610. The van der Waals surface area contributed by atoms with E-state index in [1.807, 2.05) is 0 Å². The molecule has 0 saturated heterocycles. The van der Waals surface area contributed by atoms with Crippen molar-refractivity contribution >= 4 is 0 Å². The zero-order chi connectivity index (χ0) is 27.5. The van der Waals surface area contributed by atoms with Gasteiger partial charge in [-0.2, -0.15) is 0 Å². The molecule has 0 atom stereocenters. The lowest BCUT2D eigenvalue weighted by molar-refractivity contribution is 0.594. The molecule has 0 amide bonds. The van der Waals surface area contributed by atoms with Crippen molar-refractivity contribution in [3.8, 4) is 55.6 Å². The van der Waals surface area contributed by atoms with Crippen LogP contribution in [0.15, 0.2) is 152 Å². The molecule has 0 aliphatic carbocycles. The van der Waals surface area contributed by atoms with Crippen molar-refractivity contribution in [3.63, 3.8) is 0 Å². The number of benzene rings is 6. The molecule has 0 aliphatic rings. The van der Waals surface area contributed by atoms with Gasteiger partial charge in [0.25, 0.3) is 0 Å². The first kappa shape index (κ1) is 25.6. The lowest BCUT2D eigenvalue weighted by Crippen LogP contribution is -2.17. The standard InChI is InChI=1S/C40H34/c1-40(2,3)39-37(32-25-15-7-16-26-32)35(30-21-11-5-12-22-30)34(29-19-9-4-10-20-29)36(31-23-13-6-14-24-31)38(39)33-27-17-8-18-28-33/h4-28H,1-3H3. The highest BCUT2D eigenvalue weighted by molar-refractivity contribution is 6.09. The molecule has 40 heavy (non-hydrogen) atoms. The van der Waals surface area contributed by atoms with E-state index in [2.05, 4.69) is 172 Å². The Morgan fingerprint density at radius 2 is 0.475 bits per heavy atom. The summed E-state index contributed by atoms with van der Waals surface area (Å²) in [5.41, 5.74) is 13.8. The Labute approximate surface area is 238 Å². The van der Waals surface area contributed by atoms with Crippen LogP contribution in [0.25, 0.3) is 55.6 Å². The normalized spacial score (nSPS) is 11.4. The molecule has 0 aromatic heterocycles. The molecule has 6 rings (SSSR count). The second kappa shape index (κ2) is 10.8. The summed E-state index contributed by atoms with van der Waals surface area (Å²) in [5.74, 6) is 0. The molecule has 0 N–H and O–H groups in total. The number of rotatable bonds is 5. The van der Waals surface area contributed by atoms with Crippen molar-refractivity contribution in [2.24, 2.45) is 0 Å². The van der Waals surface area contributed by atoms with Gasteiger partial charge in [0.2, 0.25) is 0 Å². The highest BCUT2D eigenvalue weighted by atomic mass is 14.4. The van der Waals surface area contributed by atoms with Crippen LogP contribution < -0.4 is 0 Å². The molecule has 0 nitrogen and oxygen atoms in total. The molecule has 0 radical (unpaired) electrons. The summed E-state index contributed by atoms with van der Waals surface area (Å²) < 4.78 is 0. The summed E-state index contributed by atoms with van der Waals surface area (Å²) >= 11 is 0. The monoisotopic (exact) mass is 514 g/mol. The molecule has 0 unspecified atom stereocenters. The van der Waals surface area contributed by atoms with Crippen molar-refractivity contribution < 1.29 is 0 Å². The average molecular weight is 515 g/mol. The Balaban J connectivity index is 1.96. The first-order valence-corrected chi connectivity index (χ1v) is 14.1. The Hall–Kier alpha value is -4.68. The number of hydrogen-bond donors (Lipinski definition) is 0. The third-order valence-corrected chi connectivity index (χ3v) is 7.56. The maximum atomic E-state index is 2.35. The smallest absolute Gasteiger partial charge is 0.00141 e. The summed E-state index contributed by atoms with van der Waals surface area (Å²) in [6.07, 6.45) is 0. The summed E-state index contributed by atoms with van der Waals surface area (Å²) in [6.45, 7) is 7.06. The van der Waals surface area contributed by atoms with Crippen molar-refractivity contribution in [2.45, 2.75) is 26.2 Å². The second-order valence-corrected chi connectivity index (χ2v) is 11.3. The fourth-order valence-corrected chi connectivity index (χ4v) is 5.97. The van der Waals surface area contributed by atoms with Gasteiger partial charge in [-0.05, 0) is 66.6 Å². The van der Waals surface area contributed by atoms with E-state index in [1.165, 1.54) is 61.2 Å². The van der Waals surface area contributed by atoms with Gasteiger partial charge in [-0.25, -0.2) is 0 Å². The van der Waals surface area contributed by atoms with E-state index >= 15 is 0 Å². The molecule has 0 saturated carbocycles. The van der Waals surface area contributed by atoms with Crippen LogP contribution in [0, 0.1) is 0 Å². The van der Waals surface area contributed by atoms with E-state index in [0.29, 0.717) is 0 Å². The highest BCUT2D eigenvalue weighted by Gasteiger charge is 2.32. The van der Waals surface area contributed by atoms with Gasteiger partial charge in [0.1, 0.15) is 0 Å². The highest BCUT2D eigenvalue weighted by Crippen LogP contribution is 2.55. The predicted octanol–water partition coefficient (Wildman–Crippen LogP) is 11.3.